The SMILES string of the molecule is CC(C)(C)[Si](C)(C)Oc1cc(Br)c(Br)cc1O[Si](C)(C)C(C)(C)C. The molecular formula is C18H32Br2O2Si2. The highest BCUT2D eigenvalue weighted by atomic mass is 79.9. The van der Waals surface area contributed by atoms with E-state index in [-0.39, 0.29) is 10.1 Å². The van der Waals surface area contributed by atoms with E-state index in [4.69, 9.17) is 8.85 Å². The van der Waals surface area contributed by atoms with E-state index < -0.39 is 16.6 Å². The molecule has 2 nitrogen and oxygen atoms in total. The van der Waals surface area contributed by atoms with Crippen molar-refractivity contribution >= 4 is 48.5 Å². The Labute approximate surface area is 167 Å². The van der Waals surface area contributed by atoms with Gasteiger partial charge in [-0.05, 0) is 80.3 Å². The molecule has 0 aromatic heterocycles. The van der Waals surface area contributed by atoms with Gasteiger partial charge in [0, 0.05) is 8.95 Å². The molecule has 1 aromatic rings. The predicted octanol–water partition coefficient (Wildman–Crippen LogP) is 7.98. The first-order valence-corrected chi connectivity index (χ1v) is 15.8. The average molecular weight is 496 g/mol. The summed E-state index contributed by atoms with van der Waals surface area (Å²) < 4.78 is 15.1. The molecule has 0 amide bonds. The van der Waals surface area contributed by atoms with Crippen molar-refractivity contribution < 1.29 is 8.85 Å². The Bertz CT molecular complexity index is 547. The van der Waals surface area contributed by atoms with Crippen LogP contribution in [0.25, 0.3) is 0 Å². The molecule has 0 fully saturated rings. The maximum absolute atomic E-state index is 6.58. The number of hydrogen-bond acceptors (Lipinski definition) is 2. The third-order valence-corrected chi connectivity index (χ3v) is 15.9. The third kappa shape index (κ3) is 5.11. The molecule has 0 saturated heterocycles. The van der Waals surface area contributed by atoms with Gasteiger partial charge in [-0.2, -0.15) is 0 Å². The van der Waals surface area contributed by atoms with Gasteiger partial charge >= 0.3 is 0 Å². The molecule has 0 unspecified atom stereocenters. The molecule has 0 radical (unpaired) electrons. The van der Waals surface area contributed by atoms with Gasteiger partial charge in [-0.3, -0.25) is 0 Å². The van der Waals surface area contributed by atoms with Crippen LogP contribution in [-0.2, 0) is 0 Å². The highest BCUT2D eigenvalue weighted by molar-refractivity contribution is 9.13. The molecule has 0 saturated carbocycles. The molecule has 0 aliphatic heterocycles. The van der Waals surface area contributed by atoms with Crippen molar-refractivity contribution in [2.24, 2.45) is 0 Å². The topological polar surface area (TPSA) is 18.5 Å². The molecule has 0 heterocycles. The maximum Gasteiger partial charge on any atom is 0.250 e. The minimum absolute atomic E-state index is 0.140. The second kappa shape index (κ2) is 7.08. The van der Waals surface area contributed by atoms with Crippen LogP contribution in [0.1, 0.15) is 41.5 Å². The second-order valence-electron chi connectivity index (χ2n) is 9.44. The van der Waals surface area contributed by atoms with Gasteiger partial charge in [-0.15, -0.1) is 0 Å². The monoisotopic (exact) mass is 494 g/mol. The quantitative estimate of drug-likeness (QED) is 0.394. The van der Waals surface area contributed by atoms with Crippen molar-refractivity contribution in [2.75, 3.05) is 0 Å². The van der Waals surface area contributed by atoms with Crippen molar-refractivity contribution in [3.05, 3.63) is 21.1 Å². The van der Waals surface area contributed by atoms with Crippen LogP contribution in [0.2, 0.25) is 36.3 Å². The molecule has 1 rings (SSSR count). The van der Waals surface area contributed by atoms with E-state index in [9.17, 15) is 0 Å². The van der Waals surface area contributed by atoms with Gasteiger partial charge in [0.2, 0.25) is 0 Å². The van der Waals surface area contributed by atoms with Gasteiger partial charge in [0.05, 0.1) is 0 Å². The Morgan fingerprint density at radius 3 is 1.12 bits per heavy atom. The summed E-state index contributed by atoms with van der Waals surface area (Å²) in [7, 11) is -3.88. The van der Waals surface area contributed by atoms with E-state index in [1.165, 1.54) is 0 Å². The summed E-state index contributed by atoms with van der Waals surface area (Å²) >= 11 is 7.20. The van der Waals surface area contributed by atoms with Crippen molar-refractivity contribution in [3.63, 3.8) is 0 Å². The molecule has 0 aliphatic carbocycles. The minimum Gasteiger partial charge on any atom is -0.541 e. The molecule has 6 heteroatoms. The number of hydrogen-bond donors (Lipinski definition) is 0. The molecule has 0 bridgehead atoms. The van der Waals surface area contributed by atoms with E-state index in [0.29, 0.717) is 0 Å². The lowest BCUT2D eigenvalue weighted by atomic mass is 10.2. The van der Waals surface area contributed by atoms with Crippen LogP contribution in [-0.4, -0.2) is 16.6 Å². The van der Waals surface area contributed by atoms with Gasteiger partial charge in [0.25, 0.3) is 16.6 Å². The zero-order valence-electron chi connectivity index (χ0n) is 16.7. The fourth-order valence-electron chi connectivity index (χ4n) is 1.53. The highest BCUT2D eigenvalue weighted by Crippen LogP contribution is 2.45. The Hall–Kier alpha value is 0.214. The van der Waals surface area contributed by atoms with Crippen molar-refractivity contribution in [3.8, 4) is 11.5 Å². The lowest BCUT2D eigenvalue weighted by Gasteiger charge is -2.39. The van der Waals surface area contributed by atoms with Gasteiger partial charge in [-0.1, -0.05) is 41.5 Å². The van der Waals surface area contributed by atoms with Crippen LogP contribution in [0.5, 0.6) is 11.5 Å². The summed E-state index contributed by atoms with van der Waals surface area (Å²) in [6.45, 7) is 22.6. The normalized spacial score (nSPS) is 13.8. The molecule has 0 aliphatic rings. The van der Waals surface area contributed by atoms with Crippen LogP contribution in [0.3, 0.4) is 0 Å². The minimum atomic E-state index is -1.94. The molecule has 1 aromatic carbocycles. The van der Waals surface area contributed by atoms with Crippen molar-refractivity contribution in [2.45, 2.75) is 77.8 Å². The van der Waals surface area contributed by atoms with E-state index in [2.05, 4.69) is 99.6 Å². The van der Waals surface area contributed by atoms with E-state index in [1.54, 1.807) is 0 Å². The van der Waals surface area contributed by atoms with Gasteiger partial charge in [0.15, 0.2) is 0 Å². The first-order chi connectivity index (χ1) is 10.5. The summed E-state index contributed by atoms with van der Waals surface area (Å²) in [5, 5.41) is 0.279. The fourth-order valence-corrected chi connectivity index (χ4v) is 4.20. The summed E-state index contributed by atoms with van der Waals surface area (Å²) in [5.41, 5.74) is 0. The largest absolute Gasteiger partial charge is 0.541 e. The average Bonchev–Trinajstić information content (AvgIpc) is 2.31. The van der Waals surface area contributed by atoms with E-state index in [0.717, 1.165) is 20.4 Å². The fraction of sp³-hybridized carbons (Fsp3) is 0.667. The molecule has 0 spiro atoms. The third-order valence-electron chi connectivity index (χ3n) is 5.33. The molecular weight excluding hydrogens is 464 g/mol. The lowest BCUT2D eigenvalue weighted by Crippen LogP contribution is -2.45. The zero-order chi connectivity index (χ0) is 19.1. The Balaban J connectivity index is 3.34. The van der Waals surface area contributed by atoms with Crippen LogP contribution in [0, 0.1) is 0 Å². The Kier molecular flexibility index (Phi) is 6.57. The molecule has 24 heavy (non-hydrogen) atoms. The number of halogens is 2. The first kappa shape index (κ1) is 22.3. The first-order valence-electron chi connectivity index (χ1n) is 8.35. The van der Waals surface area contributed by atoms with Crippen molar-refractivity contribution in [1.82, 2.24) is 0 Å². The maximum atomic E-state index is 6.58. The van der Waals surface area contributed by atoms with Gasteiger partial charge in [0.1, 0.15) is 11.5 Å². The Morgan fingerprint density at radius 2 is 0.917 bits per heavy atom. The summed E-state index contributed by atoms with van der Waals surface area (Å²) in [5.74, 6) is 1.70. The summed E-state index contributed by atoms with van der Waals surface area (Å²) in [6, 6.07) is 4.07. The van der Waals surface area contributed by atoms with Crippen LogP contribution in [0.4, 0.5) is 0 Å². The predicted molar refractivity (Wildman–Crippen MR) is 117 cm³/mol. The number of benzene rings is 1. The highest BCUT2D eigenvalue weighted by Gasteiger charge is 2.42. The van der Waals surface area contributed by atoms with E-state index in [1.807, 2.05) is 12.1 Å². The molecule has 0 atom stereocenters. The standard InChI is InChI=1S/C18H32Br2O2Si2/c1-17(2,3)23(7,8)21-15-11-13(19)14(20)12-16(15)22-24(9,10)18(4,5)6/h11-12H,1-10H3. The molecule has 138 valence electrons. The van der Waals surface area contributed by atoms with Crippen LogP contribution in [0.15, 0.2) is 21.1 Å². The summed E-state index contributed by atoms with van der Waals surface area (Å²) in [6.07, 6.45) is 0. The lowest BCUT2D eigenvalue weighted by molar-refractivity contribution is 0.440. The Morgan fingerprint density at radius 1 is 0.667 bits per heavy atom. The van der Waals surface area contributed by atoms with Crippen LogP contribution >= 0.6 is 31.9 Å². The number of rotatable bonds is 4. The summed E-state index contributed by atoms with van der Waals surface area (Å²) in [4.78, 5) is 0. The van der Waals surface area contributed by atoms with Gasteiger partial charge < -0.3 is 8.85 Å². The van der Waals surface area contributed by atoms with E-state index >= 15 is 0 Å². The zero-order valence-corrected chi connectivity index (χ0v) is 21.9. The smallest absolute Gasteiger partial charge is 0.250 e. The van der Waals surface area contributed by atoms with Gasteiger partial charge in [-0.25, -0.2) is 0 Å². The molecule has 0 N–H and O–H groups in total. The van der Waals surface area contributed by atoms with Crippen molar-refractivity contribution in [1.29, 1.82) is 0 Å². The van der Waals surface area contributed by atoms with Crippen LogP contribution < -0.4 is 8.85 Å². The second-order valence-corrected chi connectivity index (χ2v) is 20.6.